The van der Waals surface area contributed by atoms with Gasteiger partial charge in [0.1, 0.15) is 5.75 Å². The van der Waals surface area contributed by atoms with E-state index in [2.05, 4.69) is 15.6 Å². The third kappa shape index (κ3) is 10.2. The van der Waals surface area contributed by atoms with Crippen LogP contribution in [0.25, 0.3) is 0 Å². The highest BCUT2D eigenvalue weighted by molar-refractivity contribution is 5.85. The number of carbonyl (C=O) groups excluding carboxylic acids is 3. The summed E-state index contributed by atoms with van der Waals surface area (Å²) in [5.74, 6) is 0.492. The summed E-state index contributed by atoms with van der Waals surface area (Å²) in [4.78, 5) is 38.1. The quantitative estimate of drug-likeness (QED) is 0.0811. The van der Waals surface area contributed by atoms with Crippen LogP contribution >= 0.6 is 0 Å². The molecule has 2 N–H and O–H groups in total. The van der Waals surface area contributed by atoms with Crippen molar-refractivity contribution in [2.75, 3.05) is 23.8 Å². The highest BCUT2D eigenvalue weighted by Crippen LogP contribution is 2.18. The summed E-state index contributed by atoms with van der Waals surface area (Å²) in [5, 5.41) is 13.9. The Balaban J connectivity index is 1.09. The van der Waals surface area contributed by atoms with Gasteiger partial charge >= 0.3 is 12.2 Å². The smallest absolute Gasteiger partial charge is 0.411 e. The Morgan fingerprint density at radius 3 is 1.49 bits per heavy atom. The van der Waals surface area contributed by atoms with Gasteiger partial charge in [-0.05, 0) is 83.6 Å². The van der Waals surface area contributed by atoms with Gasteiger partial charge in [0, 0.05) is 17.8 Å². The maximum absolute atomic E-state index is 12.1. The molecule has 43 heavy (non-hydrogen) atoms. The summed E-state index contributed by atoms with van der Waals surface area (Å²) in [6.45, 7) is 0.166. The number of hydrogen-bond donors (Lipinski definition) is 2. The summed E-state index contributed by atoms with van der Waals surface area (Å²) >= 11 is 0. The Hall–Kier alpha value is -5.91. The molecular formula is C33H28N4O6. The van der Waals surface area contributed by atoms with Crippen molar-refractivity contribution in [3.63, 3.8) is 0 Å². The monoisotopic (exact) mass is 576 g/mol. The van der Waals surface area contributed by atoms with E-state index in [4.69, 9.17) is 19.5 Å². The summed E-state index contributed by atoms with van der Waals surface area (Å²) in [7, 11) is 0. The normalized spacial score (nSPS) is 10.0. The van der Waals surface area contributed by atoms with Crippen molar-refractivity contribution >= 4 is 35.3 Å². The van der Waals surface area contributed by atoms with Crippen LogP contribution in [0, 0.1) is 11.5 Å². The summed E-state index contributed by atoms with van der Waals surface area (Å²) in [6, 6.07) is 29.3. The Kier molecular flexibility index (Phi) is 11.0. The van der Waals surface area contributed by atoms with Gasteiger partial charge in [-0.2, -0.15) is 4.99 Å². The molecule has 0 spiro atoms. The summed E-state index contributed by atoms with van der Waals surface area (Å²) in [5.41, 5.74) is 5.95. The maximum atomic E-state index is 12.1. The van der Waals surface area contributed by atoms with Crippen LogP contribution in [-0.2, 0) is 27.1 Å². The fraction of sp³-hybridized carbons (Fsp3) is 0.152. The van der Waals surface area contributed by atoms with Crippen LogP contribution in [0.3, 0.4) is 0 Å². The first-order valence-electron chi connectivity index (χ1n) is 13.4. The van der Waals surface area contributed by atoms with Crippen molar-refractivity contribution < 1.29 is 28.6 Å². The predicted octanol–water partition coefficient (Wildman–Crippen LogP) is 6.88. The lowest BCUT2D eigenvalue weighted by atomic mass is 10.0. The number of rotatable bonds is 12. The molecule has 4 aromatic carbocycles. The second-order valence-corrected chi connectivity index (χ2v) is 9.33. The van der Waals surface area contributed by atoms with E-state index in [0.717, 1.165) is 22.3 Å². The molecule has 216 valence electrons. The van der Waals surface area contributed by atoms with Gasteiger partial charge in [-0.3, -0.25) is 10.6 Å². The Bertz CT molecular complexity index is 1590. The summed E-state index contributed by atoms with van der Waals surface area (Å²) in [6.07, 6.45) is 3.67. The van der Waals surface area contributed by atoms with E-state index in [1.807, 2.05) is 48.5 Å². The zero-order valence-corrected chi connectivity index (χ0v) is 23.1. The number of benzene rings is 4. The lowest BCUT2D eigenvalue weighted by Gasteiger charge is -2.10. The van der Waals surface area contributed by atoms with Crippen LogP contribution in [0.4, 0.5) is 26.7 Å². The lowest BCUT2D eigenvalue weighted by Crippen LogP contribution is -2.17. The van der Waals surface area contributed by atoms with Crippen LogP contribution < -0.4 is 15.4 Å². The molecule has 0 bridgehead atoms. The minimum Gasteiger partial charge on any atom is -0.449 e. The van der Waals surface area contributed by atoms with Crippen molar-refractivity contribution in [1.29, 1.82) is 5.26 Å². The van der Waals surface area contributed by atoms with E-state index in [1.54, 1.807) is 54.8 Å². The molecule has 0 radical (unpaired) electrons. The number of isocyanates is 1. The van der Waals surface area contributed by atoms with E-state index < -0.39 is 12.2 Å². The first kappa shape index (κ1) is 30.1. The Morgan fingerprint density at radius 2 is 1.07 bits per heavy atom. The van der Waals surface area contributed by atoms with Crippen LogP contribution in [0.1, 0.15) is 28.7 Å². The number of hydrogen-bond acceptors (Lipinski definition) is 8. The third-order valence-corrected chi connectivity index (χ3v) is 6.17. The average Bonchev–Trinajstić information content (AvgIpc) is 3.01. The van der Waals surface area contributed by atoms with E-state index in [9.17, 15) is 14.4 Å². The van der Waals surface area contributed by atoms with Gasteiger partial charge in [-0.1, -0.05) is 48.5 Å². The van der Waals surface area contributed by atoms with E-state index >= 15 is 0 Å². The SMILES string of the molecule is N#COc1ccc(Cc2ccc(NC(=O)OCCCOC(=O)Nc3ccc(Cc4ccc(N=C=O)cc4)cc3)cc2)cc1. The highest BCUT2D eigenvalue weighted by Gasteiger charge is 2.07. The van der Waals surface area contributed by atoms with Gasteiger partial charge in [0.2, 0.25) is 6.08 Å². The maximum Gasteiger partial charge on any atom is 0.411 e. The molecule has 0 unspecified atom stereocenters. The van der Waals surface area contributed by atoms with Crippen molar-refractivity contribution in [2.45, 2.75) is 19.3 Å². The van der Waals surface area contributed by atoms with Crippen molar-refractivity contribution in [3.8, 4) is 12.0 Å². The minimum absolute atomic E-state index is 0.0830. The van der Waals surface area contributed by atoms with Gasteiger partial charge in [0.15, 0.2) is 0 Å². The molecule has 4 rings (SSSR count). The fourth-order valence-corrected chi connectivity index (χ4v) is 4.05. The third-order valence-electron chi connectivity index (χ3n) is 6.17. The predicted molar refractivity (Wildman–Crippen MR) is 160 cm³/mol. The van der Waals surface area contributed by atoms with Gasteiger partial charge in [0.05, 0.1) is 18.9 Å². The second kappa shape index (κ2) is 15.8. The molecule has 0 saturated heterocycles. The zero-order chi connectivity index (χ0) is 30.3. The number of carbonyl (C=O) groups is 2. The van der Waals surface area contributed by atoms with Gasteiger partial charge in [-0.15, -0.1) is 5.26 Å². The van der Waals surface area contributed by atoms with Gasteiger partial charge in [-0.25, -0.2) is 14.4 Å². The number of nitrogens with one attached hydrogen (secondary N) is 2. The first-order valence-corrected chi connectivity index (χ1v) is 13.4. The topological polar surface area (TPSA) is 139 Å². The number of nitrogens with zero attached hydrogens (tertiary/aromatic N) is 2. The standard InChI is InChI=1S/C33H28N4O6/c34-22-43-31-16-8-27(9-17-31)21-26-6-14-30(15-7-26)37-33(40)42-19-1-18-41-32(39)36-29-12-4-25(5-13-29)20-24-2-10-28(11-3-24)35-23-38/h2-17H,1,18-21H2,(H,36,39)(H,37,40). The van der Waals surface area contributed by atoms with Crippen LogP contribution in [0.15, 0.2) is 102 Å². The molecule has 0 aliphatic heterocycles. The number of aliphatic imine (C=N–C) groups is 1. The number of anilines is 2. The van der Waals surface area contributed by atoms with Crippen LogP contribution in [0.2, 0.25) is 0 Å². The number of amides is 2. The first-order chi connectivity index (χ1) is 21.0. The Morgan fingerprint density at radius 1 is 0.651 bits per heavy atom. The molecular weight excluding hydrogens is 548 g/mol. The van der Waals surface area contributed by atoms with Crippen molar-refractivity contribution in [3.05, 3.63) is 119 Å². The van der Waals surface area contributed by atoms with Crippen molar-refractivity contribution in [2.24, 2.45) is 4.99 Å². The van der Waals surface area contributed by atoms with Crippen LogP contribution in [0.5, 0.6) is 5.75 Å². The molecule has 10 nitrogen and oxygen atoms in total. The number of nitriles is 1. The Labute approximate surface area is 248 Å². The second-order valence-electron chi connectivity index (χ2n) is 9.33. The molecule has 0 saturated carbocycles. The molecule has 0 aliphatic carbocycles. The number of ether oxygens (including phenoxy) is 3. The lowest BCUT2D eigenvalue weighted by molar-refractivity contribution is 0.133. The molecule has 4 aromatic rings. The molecule has 10 heteroatoms. The molecule has 0 aliphatic rings. The summed E-state index contributed by atoms with van der Waals surface area (Å²) < 4.78 is 15.1. The molecule has 2 amide bonds. The van der Waals surface area contributed by atoms with E-state index in [-0.39, 0.29) is 13.2 Å². The molecule has 0 heterocycles. The zero-order valence-electron chi connectivity index (χ0n) is 23.1. The fourth-order valence-electron chi connectivity index (χ4n) is 4.05. The van der Waals surface area contributed by atoms with E-state index in [0.29, 0.717) is 42.1 Å². The van der Waals surface area contributed by atoms with Gasteiger partial charge < -0.3 is 14.2 Å². The van der Waals surface area contributed by atoms with Crippen LogP contribution in [-0.4, -0.2) is 31.5 Å². The molecule has 0 atom stereocenters. The van der Waals surface area contributed by atoms with Crippen molar-refractivity contribution in [1.82, 2.24) is 0 Å². The highest BCUT2D eigenvalue weighted by atomic mass is 16.6. The largest absolute Gasteiger partial charge is 0.449 e. The molecule has 0 aromatic heterocycles. The van der Waals surface area contributed by atoms with Gasteiger partial charge in [0.25, 0.3) is 6.26 Å². The average molecular weight is 577 g/mol. The van der Waals surface area contributed by atoms with E-state index in [1.165, 1.54) is 6.08 Å². The minimum atomic E-state index is -0.602. The molecule has 0 fully saturated rings.